The molecule has 0 spiro atoms. The minimum atomic E-state index is -4.52. The third kappa shape index (κ3) is 4.40. The highest BCUT2D eigenvalue weighted by Gasteiger charge is 2.21. The molecule has 2 unspecified atom stereocenters. The highest BCUT2D eigenvalue weighted by molar-refractivity contribution is 7.99. The minimum Gasteiger partial charge on any atom is -0.371 e. The monoisotopic (exact) mass is 358 g/mol. The van der Waals surface area contributed by atoms with Crippen molar-refractivity contribution in [1.82, 2.24) is 0 Å². The van der Waals surface area contributed by atoms with Crippen molar-refractivity contribution >= 4 is 32.7 Å². The molecule has 2 N–H and O–H groups in total. The van der Waals surface area contributed by atoms with E-state index < -0.39 is 26.4 Å². The maximum atomic E-state index is 11.3. The van der Waals surface area contributed by atoms with Gasteiger partial charge >= 0.3 is 0 Å². The summed E-state index contributed by atoms with van der Waals surface area (Å²) >= 11 is 1.44. The van der Waals surface area contributed by atoms with E-state index in [0.29, 0.717) is 0 Å². The Morgan fingerprint density at radius 2 is 1.45 bits per heavy atom. The molecule has 5 nitrogen and oxygen atoms in total. The van der Waals surface area contributed by atoms with Gasteiger partial charge in [0.15, 0.2) is 0 Å². The van der Waals surface area contributed by atoms with Crippen LogP contribution >= 0.6 is 11.8 Å². The minimum absolute atomic E-state index is 0.101. The molecule has 0 radical (unpaired) electrons. The van der Waals surface area contributed by atoms with Gasteiger partial charge in [-0.2, -0.15) is 8.42 Å². The van der Waals surface area contributed by atoms with Crippen LogP contribution in [0.4, 0.5) is 0 Å². The Labute approximate surface area is 135 Å². The summed E-state index contributed by atoms with van der Waals surface area (Å²) in [5.41, 5.74) is -1.84. The van der Waals surface area contributed by atoms with Crippen LogP contribution < -0.4 is 0 Å². The molecule has 0 bridgehead atoms. The lowest BCUT2D eigenvalue weighted by Crippen LogP contribution is -2.10. The molecule has 0 heterocycles. The lowest BCUT2D eigenvalue weighted by Gasteiger charge is -2.08. The molecule has 2 aromatic rings. The van der Waals surface area contributed by atoms with Gasteiger partial charge in [-0.1, -0.05) is 23.9 Å². The Morgan fingerprint density at radius 1 is 1.00 bits per heavy atom. The maximum absolute atomic E-state index is 11.3. The van der Waals surface area contributed by atoms with Crippen molar-refractivity contribution in [3.8, 4) is 0 Å². The van der Waals surface area contributed by atoms with E-state index in [2.05, 4.69) is 0 Å². The molecule has 8 heteroatoms. The Morgan fingerprint density at radius 3 is 1.86 bits per heavy atom. The van der Waals surface area contributed by atoms with Crippen LogP contribution in [0.1, 0.15) is 11.0 Å². The Hall–Kier alpha value is -1.19. The van der Waals surface area contributed by atoms with Gasteiger partial charge in [-0.15, -0.1) is 0 Å². The average Bonchev–Trinajstić information content (AvgIpc) is 2.47. The van der Waals surface area contributed by atoms with Crippen LogP contribution in [0.3, 0.4) is 0 Å². The van der Waals surface area contributed by atoms with Gasteiger partial charge < -0.3 is 5.11 Å². The zero-order valence-corrected chi connectivity index (χ0v) is 14.0. The van der Waals surface area contributed by atoms with E-state index in [1.807, 2.05) is 12.1 Å². The first-order valence-electron chi connectivity index (χ1n) is 6.13. The molecule has 118 valence electrons. The second kappa shape index (κ2) is 6.93. The van der Waals surface area contributed by atoms with Crippen molar-refractivity contribution in [2.75, 3.05) is 6.26 Å². The fourth-order valence-electron chi connectivity index (χ4n) is 1.71. The van der Waals surface area contributed by atoms with Crippen molar-refractivity contribution in [2.24, 2.45) is 0 Å². The molecule has 22 heavy (non-hydrogen) atoms. The molecular weight excluding hydrogens is 344 g/mol. The zero-order valence-electron chi connectivity index (χ0n) is 11.5. The van der Waals surface area contributed by atoms with Gasteiger partial charge in [0.2, 0.25) is 5.44 Å². The molecule has 2 aromatic carbocycles. The molecule has 0 saturated heterocycles. The lowest BCUT2D eigenvalue weighted by molar-refractivity contribution is 0.238. The average molecular weight is 358 g/mol. The summed E-state index contributed by atoms with van der Waals surface area (Å²) in [5.74, 6) is 0. The Balaban J connectivity index is 2.13. The van der Waals surface area contributed by atoms with Gasteiger partial charge in [-0.3, -0.25) is 8.76 Å². The van der Waals surface area contributed by atoms with E-state index in [-0.39, 0.29) is 5.56 Å². The second-order valence-corrected chi connectivity index (χ2v) is 8.47. The van der Waals surface area contributed by atoms with Gasteiger partial charge in [-0.25, -0.2) is 0 Å². The fourth-order valence-corrected chi connectivity index (χ4v) is 3.54. The van der Waals surface area contributed by atoms with Crippen molar-refractivity contribution in [2.45, 2.75) is 20.1 Å². The third-order valence-electron chi connectivity index (χ3n) is 2.84. The van der Waals surface area contributed by atoms with Crippen LogP contribution in [-0.2, 0) is 20.9 Å². The van der Waals surface area contributed by atoms with Crippen molar-refractivity contribution in [3.63, 3.8) is 0 Å². The quantitative estimate of drug-likeness (QED) is 0.798. The van der Waals surface area contributed by atoms with E-state index in [9.17, 15) is 17.7 Å². The Kier molecular flexibility index (Phi) is 5.41. The van der Waals surface area contributed by atoms with E-state index in [0.717, 1.165) is 14.7 Å². The van der Waals surface area contributed by atoms with Crippen molar-refractivity contribution in [1.29, 1.82) is 0 Å². The number of hydrogen-bond donors (Lipinski definition) is 2. The summed E-state index contributed by atoms with van der Waals surface area (Å²) in [4.78, 5) is 2.53. The fraction of sp³-hybridized carbons (Fsp3) is 0.143. The molecule has 2 atom stereocenters. The summed E-state index contributed by atoms with van der Waals surface area (Å²) < 4.78 is 41.9. The number of aliphatic hydroxyl groups excluding tert-OH is 1. The maximum Gasteiger partial charge on any atom is 0.296 e. The van der Waals surface area contributed by atoms with Crippen molar-refractivity contribution < 1.29 is 22.3 Å². The van der Waals surface area contributed by atoms with Crippen LogP contribution in [0.25, 0.3) is 0 Å². The lowest BCUT2D eigenvalue weighted by atomic mass is 10.2. The summed E-state index contributed by atoms with van der Waals surface area (Å²) in [6.45, 7) is 0. The standard InChI is InChI=1S/C14H14O5S3/c1-21(16)13-8-6-12(7-9-13)20-11-4-2-10(3-5-11)14(15)22(17,18)19/h2-9,14-15H,1H3,(H,17,18,19). The summed E-state index contributed by atoms with van der Waals surface area (Å²) in [5, 5.41) is 9.45. The topological polar surface area (TPSA) is 91.7 Å². The molecule has 0 saturated carbocycles. The van der Waals surface area contributed by atoms with Gasteiger partial charge in [0.25, 0.3) is 10.1 Å². The zero-order chi connectivity index (χ0) is 16.3. The van der Waals surface area contributed by atoms with E-state index in [1.54, 1.807) is 30.5 Å². The van der Waals surface area contributed by atoms with Crippen molar-refractivity contribution in [3.05, 3.63) is 54.1 Å². The summed E-state index contributed by atoms with van der Waals surface area (Å²) in [6.07, 6.45) is 1.61. The summed E-state index contributed by atoms with van der Waals surface area (Å²) in [6, 6.07) is 13.5. The van der Waals surface area contributed by atoms with E-state index in [1.165, 1.54) is 23.9 Å². The SMILES string of the molecule is CS(=O)c1ccc(Sc2ccc(C(O)S(=O)(=O)O)cc2)cc1. The third-order valence-corrected chi connectivity index (χ3v) is 5.63. The first-order valence-corrected chi connectivity index (χ1v) is 10.0. The molecule has 0 aliphatic rings. The predicted octanol–water partition coefficient (Wildman–Crippen LogP) is 2.45. The second-order valence-electron chi connectivity index (χ2n) is 4.46. The number of aliphatic hydroxyl groups is 1. The molecule has 0 aliphatic carbocycles. The largest absolute Gasteiger partial charge is 0.371 e. The highest BCUT2D eigenvalue weighted by atomic mass is 32.2. The first-order chi connectivity index (χ1) is 10.3. The van der Waals surface area contributed by atoms with Gasteiger partial charge in [-0.05, 0) is 42.0 Å². The smallest absolute Gasteiger partial charge is 0.296 e. The highest BCUT2D eigenvalue weighted by Crippen LogP contribution is 2.29. The van der Waals surface area contributed by atoms with Gasteiger partial charge in [0, 0.05) is 31.7 Å². The molecule has 0 fully saturated rings. The van der Waals surface area contributed by atoms with Gasteiger partial charge in [0.05, 0.1) is 0 Å². The van der Waals surface area contributed by atoms with E-state index >= 15 is 0 Å². The summed E-state index contributed by atoms with van der Waals surface area (Å²) in [7, 11) is -5.54. The van der Waals surface area contributed by atoms with Crippen LogP contribution in [-0.4, -0.2) is 28.5 Å². The number of benzene rings is 2. The van der Waals surface area contributed by atoms with Crippen LogP contribution in [0.5, 0.6) is 0 Å². The predicted molar refractivity (Wildman–Crippen MR) is 85.8 cm³/mol. The molecular formula is C14H14O5S3. The van der Waals surface area contributed by atoms with Gasteiger partial charge in [0.1, 0.15) is 0 Å². The van der Waals surface area contributed by atoms with Crippen LogP contribution in [0.15, 0.2) is 63.2 Å². The molecule has 2 rings (SSSR count). The normalized spacial score (nSPS) is 14.5. The van der Waals surface area contributed by atoms with E-state index in [4.69, 9.17) is 4.55 Å². The number of hydrogen-bond acceptors (Lipinski definition) is 5. The first kappa shape index (κ1) is 17.2. The molecule has 0 aromatic heterocycles. The van der Waals surface area contributed by atoms with Crippen LogP contribution in [0.2, 0.25) is 0 Å². The van der Waals surface area contributed by atoms with Crippen LogP contribution in [0, 0.1) is 0 Å². The Bertz CT molecular complexity index is 767. The molecule has 0 aliphatic heterocycles. The molecule has 0 amide bonds. The number of rotatable bonds is 5.